The summed E-state index contributed by atoms with van der Waals surface area (Å²) in [6.45, 7) is 3.28. The number of hydrogen-bond donors (Lipinski definition) is 3. The van der Waals surface area contributed by atoms with Gasteiger partial charge >= 0.3 is 0 Å². The van der Waals surface area contributed by atoms with E-state index in [1.807, 2.05) is 42.5 Å². The number of anilines is 1. The van der Waals surface area contributed by atoms with Crippen molar-refractivity contribution in [1.82, 2.24) is 25.6 Å². The summed E-state index contributed by atoms with van der Waals surface area (Å²) in [6, 6.07) is 15.3. The van der Waals surface area contributed by atoms with Gasteiger partial charge in [0.2, 0.25) is 0 Å². The number of pyridine rings is 1. The van der Waals surface area contributed by atoms with Gasteiger partial charge in [0, 0.05) is 54.8 Å². The van der Waals surface area contributed by atoms with Crippen LogP contribution in [0.4, 0.5) is 5.82 Å². The smallest absolute Gasteiger partial charge is 0.251 e. The monoisotopic (exact) mass is 486 g/mol. The average Bonchev–Trinajstić information content (AvgIpc) is 3.26. The Labute approximate surface area is 210 Å². The Morgan fingerprint density at radius 2 is 1.97 bits per heavy atom. The third kappa shape index (κ3) is 4.67. The molecule has 5 rings (SSSR count). The molecule has 4 aromatic rings. The first-order valence-electron chi connectivity index (χ1n) is 11.1. The molecule has 0 fully saturated rings. The van der Waals surface area contributed by atoms with Crippen molar-refractivity contribution < 1.29 is 9.59 Å². The molecule has 35 heavy (non-hydrogen) atoms. The maximum atomic E-state index is 12.3. The molecule has 0 bridgehead atoms. The van der Waals surface area contributed by atoms with Crippen molar-refractivity contribution in [2.24, 2.45) is 0 Å². The van der Waals surface area contributed by atoms with Crippen LogP contribution in [0, 0.1) is 0 Å². The molecule has 2 aromatic carbocycles. The van der Waals surface area contributed by atoms with Gasteiger partial charge in [-0.2, -0.15) is 13.5 Å². The summed E-state index contributed by atoms with van der Waals surface area (Å²) in [5, 5.41) is 9.76. The van der Waals surface area contributed by atoms with E-state index >= 15 is 0 Å². The number of carbonyl (C=O) groups is 2. The fraction of sp³-hybridized carbons (Fsp3) is 0.192. The molecule has 2 aromatic heterocycles. The van der Waals surface area contributed by atoms with E-state index < -0.39 is 0 Å². The highest BCUT2D eigenvalue weighted by Gasteiger charge is 2.19. The molecule has 0 spiro atoms. The van der Waals surface area contributed by atoms with Gasteiger partial charge in [-0.15, -0.1) is 0 Å². The summed E-state index contributed by atoms with van der Waals surface area (Å²) in [5.41, 5.74) is 5.91. The SMILES string of the molecule is CNC(=O)c1ccnc2c([C@H](C)CNc3cc(-c4ccc5c(c4)CNC5=O)ncn3)cccc12.S. The van der Waals surface area contributed by atoms with Gasteiger partial charge in [0.05, 0.1) is 16.8 Å². The first-order valence-corrected chi connectivity index (χ1v) is 11.1. The second kappa shape index (κ2) is 10.1. The molecule has 0 saturated carbocycles. The van der Waals surface area contributed by atoms with E-state index in [0.717, 1.165) is 33.3 Å². The van der Waals surface area contributed by atoms with Gasteiger partial charge in [-0.1, -0.05) is 31.2 Å². The lowest BCUT2D eigenvalue weighted by molar-refractivity contribution is 0.0957. The fourth-order valence-corrected chi connectivity index (χ4v) is 4.30. The number of hydrogen-bond acceptors (Lipinski definition) is 6. The zero-order valence-electron chi connectivity index (χ0n) is 19.4. The Morgan fingerprint density at radius 3 is 2.80 bits per heavy atom. The Morgan fingerprint density at radius 1 is 1.11 bits per heavy atom. The van der Waals surface area contributed by atoms with E-state index in [4.69, 9.17) is 0 Å². The van der Waals surface area contributed by atoms with Crippen LogP contribution in [-0.4, -0.2) is 40.4 Å². The quantitative estimate of drug-likeness (QED) is 0.384. The van der Waals surface area contributed by atoms with Crippen molar-refractivity contribution in [1.29, 1.82) is 0 Å². The number of amides is 2. The normalized spacial score (nSPS) is 12.9. The fourth-order valence-electron chi connectivity index (χ4n) is 4.30. The summed E-state index contributed by atoms with van der Waals surface area (Å²) in [7, 11) is 1.63. The summed E-state index contributed by atoms with van der Waals surface area (Å²) >= 11 is 0. The van der Waals surface area contributed by atoms with Crippen molar-refractivity contribution >= 4 is 42.0 Å². The van der Waals surface area contributed by atoms with Crippen LogP contribution in [0.25, 0.3) is 22.2 Å². The molecule has 3 heterocycles. The number of nitrogens with zero attached hydrogens (tertiary/aromatic N) is 3. The molecule has 2 amide bonds. The molecule has 9 heteroatoms. The topological polar surface area (TPSA) is 109 Å². The molecular formula is C26H26N6O2S. The highest BCUT2D eigenvalue weighted by Crippen LogP contribution is 2.28. The predicted octanol–water partition coefficient (Wildman–Crippen LogP) is 3.62. The summed E-state index contributed by atoms with van der Waals surface area (Å²) in [4.78, 5) is 37.4. The molecule has 1 aliphatic rings. The largest absolute Gasteiger partial charge is 0.369 e. The Balaban J connectivity index is 0.00000289. The predicted molar refractivity (Wildman–Crippen MR) is 141 cm³/mol. The van der Waals surface area contributed by atoms with E-state index in [2.05, 4.69) is 37.8 Å². The molecular weight excluding hydrogens is 460 g/mol. The second-order valence-corrected chi connectivity index (χ2v) is 8.31. The minimum absolute atomic E-state index is 0. The van der Waals surface area contributed by atoms with Crippen LogP contribution in [-0.2, 0) is 6.54 Å². The highest BCUT2D eigenvalue weighted by atomic mass is 32.1. The number of carbonyl (C=O) groups excluding carboxylic acids is 2. The van der Waals surface area contributed by atoms with Crippen molar-refractivity contribution in [3.63, 3.8) is 0 Å². The van der Waals surface area contributed by atoms with Gasteiger partial charge in [0.15, 0.2) is 0 Å². The third-order valence-corrected chi connectivity index (χ3v) is 6.15. The van der Waals surface area contributed by atoms with Crippen molar-refractivity contribution in [2.75, 3.05) is 18.9 Å². The third-order valence-electron chi connectivity index (χ3n) is 6.15. The van der Waals surface area contributed by atoms with Gasteiger partial charge in [-0.3, -0.25) is 14.6 Å². The lowest BCUT2D eigenvalue weighted by Gasteiger charge is -2.16. The van der Waals surface area contributed by atoms with Crippen LogP contribution in [0.3, 0.4) is 0 Å². The Bertz CT molecular complexity index is 1420. The molecule has 0 radical (unpaired) electrons. The molecule has 0 aliphatic carbocycles. The zero-order chi connectivity index (χ0) is 23.7. The van der Waals surface area contributed by atoms with E-state index in [-0.39, 0.29) is 31.2 Å². The van der Waals surface area contributed by atoms with E-state index in [1.54, 1.807) is 19.3 Å². The first kappa shape index (κ1) is 24.2. The van der Waals surface area contributed by atoms with Gasteiger partial charge in [0.1, 0.15) is 12.1 Å². The van der Waals surface area contributed by atoms with Crippen molar-refractivity contribution in [2.45, 2.75) is 19.4 Å². The molecule has 0 unspecified atom stereocenters. The summed E-state index contributed by atoms with van der Waals surface area (Å²) in [6.07, 6.45) is 3.21. The average molecular weight is 487 g/mol. The zero-order valence-corrected chi connectivity index (χ0v) is 20.4. The number of para-hydroxylation sites is 1. The molecule has 178 valence electrons. The van der Waals surface area contributed by atoms with E-state index in [1.165, 1.54) is 6.33 Å². The van der Waals surface area contributed by atoms with Gasteiger partial charge in [0.25, 0.3) is 11.8 Å². The molecule has 0 saturated heterocycles. The number of fused-ring (bicyclic) bond motifs is 2. The van der Waals surface area contributed by atoms with Crippen LogP contribution in [0.1, 0.15) is 44.7 Å². The second-order valence-electron chi connectivity index (χ2n) is 8.31. The van der Waals surface area contributed by atoms with Crippen molar-refractivity contribution in [3.8, 4) is 11.3 Å². The van der Waals surface area contributed by atoms with E-state index in [0.29, 0.717) is 30.0 Å². The summed E-state index contributed by atoms with van der Waals surface area (Å²) in [5.74, 6) is 0.666. The van der Waals surface area contributed by atoms with E-state index in [9.17, 15) is 9.59 Å². The van der Waals surface area contributed by atoms with Crippen LogP contribution in [0.15, 0.2) is 61.1 Å². The van der Waals surface area contributed by atoms with Crippen LogP contribution in [0.5, 0.6) is 0 Å². The minimum atomic E-state index is -0.129. The standard InChI is InChI=1S/C26H24N6O2.H2S/c1-15(18-4-3-5-20-21(25(33)27-2)8-9-28-24(18)20)12-29-23-11-22(31-14-32-23)16-6-7-19-17(10-16)13-30-26(19)34;/h3-11,14-15H,12-13H2,1-2H3,(H,27,33)(H,30,34)(H,29,31,32);1H2/t15-;/m1./s1. The summed E-state index contributed by atoms with van der Waals surface area (Å²) < 4.78 is 0. The Kier molecular flexibility index (Phi) is 6.97. The van der Waals surface area contributed by atoms with Crippen LogP contribution in [0.2, 0.25) is 0 Å². The molecule has 3 N–H and O–H groups in total. The number of benzene rings is 2. The van der Waals surface area contributed by atoms with Gasteiger partial charge in [-0.25, -0.2) is 9.97 Å². The van der Waals surface area contributed by atoms with Gasteiger partial charge in [-0.05, 0) is 29.3 Å². The van der Waals surface area contributed by atoms with Crippen molar-refractivity contribution in [3.05, 3.63) is 83.3 Å². The number of nitrogens with one attached hydrogen (secondary N) is 3. The molecule has 8 nitrogen and oxygen atoms in total. The number of aromatic nitrogens is 3. The Hall–Kier alpha value is -3.98. The maximum Gasteiger partial charge on any atom is 0.251 e. The van der Waals surface area contributed by atoms with Gasteiger partial charge < -0.3 is 16.0 Å². The lowest BCUT2D eigenvalue weighted by atomic mass is 9.96. The molecule has 1 aliphatic heterocycles. The molecule has 1 atom stereocenters. The minimum Gasteiger partial charge on any atom is -0.369 e. The maximum absolute atomic E-state index is 12.3. The van der Waals surface area contributed by atoms with Crippen LogP contribution < -0.4 is 16.0 Å². The lowest BCUT2D eigenvalue weighted by Crippen LogP contribution is -2.18. The van der Waals surface area contributed by atoms with Crippen LogP contribution >= 0.6 is 13.5 Å². The highest BCUT2D eigenvalue weighted by molar-refractivity contribution is 7.59. The first-order chi connectivity index (χ1) is 16.5. The number of rotatable bonds is 6.